The molecule has 1 aromatic heterocycles. The van der Waals surface area contributed by atoms with Crippen molar-refractivity contribution in [2.45, 2.75) is 4.90 Å². The van der Waals surface area contributed by atoms with Crippen molar-refractivity contribution in [1.29, 1.82) is 0 Å². The van der Waals surface area contributed by atoms with E-state index in [1.54, 1.807) is 18.2 Å². The number of aromatic nitrogens is 2. The Morgan fingerprint density at radius 3 is 2.64 bits per heavy atom. The molecule has 9 nitrogen and oxygen atoms in total. The number of anilines is 4. The van der Waals surface area contributed by atoms with Gasteiger partial charge in [-0.1, -0.05) is 23.7 Å². The Morgan fingerprint density at radius 1 is 1.12 bits per heavy atom. The van der Waals surface area contributed by atoms with E-state index >= 15 is 0 Å². The summed E-state index contributed by atoms with van der Waals surface area (Å²) in [5.41, 5.74) is 0.761. The van der Waals surface area contributed by atoms with Crippen LogP contribution in [-0.2, 0) is 14.8 Å². The van der Waals surface area contributed by atoms with Crippen molar-refractivity contribution in [2.24, 2.45) is 0 Å². The molecule has 0 bridgehead atoms. The minimum Gasteiger partial charge on any atom is -0.494 e. The summed E-state index contributed by atoms with van der Waals surface area (Å²) < 4.78 is 51.7. The topological polar surface area (TPSA) is 106 Å². The summed E-state index contributed by atoms with van der Waals surface area (Å²) in [5, 5.41) is 6.13. The van der Waals surface area contributed by atoms with E-state index in [2.05, 4.69) is 20.6 Å². The van der Waals surface area contributed by atoms with E-state index in [1.807, 2.05) is 0 Å². The van der Waals surface area contributed by atoms with Gasteiger partial charge in [0.25, 0.3) is 0 Å². The van der Waals surface area contributed by atoms with Crippen molar-refractivity contribution in [1.82, 2.24) is 14.3 Å². The minimum atomic E-state index is -3.76. The van der Waals surface area contributed by atoms with Crippen LogP contribution >= 0.6 is 11.6 Å². The monoisotopic (exact) mass is 493 g/mol. The molecule has 0 aliphatic carbocycles. The summed E-state index contributed by atoms with van der Waals surface area (Å²) in [6.45, 7) is 1.24. The van der Waals surface area contributed by atoms with Gasteiger partial charge in [-0.3, -0.25) is 0 Å². The van der Waals surface area contributed by atoms with Crippen LogP contribution in [0.25, 0.3) is 0 Å². The molecule has 33 heavy (non-hydrogen) atoms. The van der Waals surface area contributed by atoms with Gasteiger partial charge in [-0.25, -0.2) is 17.8 Å². The van der Waals surface area contributed by atoms with Crippen molar-refractivity contribution in [2.75, 3.05) is 44.0 Å². The van der Waals surface area contributed by atoms with E-state index in [0.717, 1.165) is 0 Å². The van der Waals surface area contributed by atoms with Crippen LogP contribution in [0.5, 0.6) is 5.75 Å². The molecule has 1 saturated heterocycles. The molecule has 0 spiro atoms. The van der Waals surface area contributed by atoms with Crippen molar-refractivity contribution in [3.63, 3.8) is 0 Å². The lowest BCUT2D eigenvalue weighted by molar-refractivity contribution is 0.0730. The first-order valence-electron chi connectivity index (χ1n) is 9.95. The third-order valence-corrected chi connectivity index (χ3v) is 7.12. The highest BCUT2D eigenvalue weighted by Gasteiger charge is 2.28. The molecule has 2 aromatic carbocycles. The summed E-state index contributed by atoms with van der Waals surface area (Å²) in [5.74, 6) is 0.167. The van der Waals surface area contributed by atoms with Gasteiger partial charge in [-0.2, -0.15) is 9.29 Å². The Morgan fingerprint density at radius 2 is 1.88 bits per heavy atom. The maximum Gasteiger partial charge on any atom is 0.245 e. The number of halogens is 2. The number of nitrogens with one attached hydrogen (secondary N) is 2. The molecule has 1 fully saturated rings. The van der Waals surface area contributed by atoms with E-state index in [4.69, 9.17) is 21.1 Å². The molecular formula is C21H21ClFN5O4S. The SMILES string of the molecule is COc1cc(F)ccc1Nc1ncc(Cl)c(Nc2ccccc2S(=O)(=O)N2CCOCC2)n1. The normalized spacial score (nSPS) is 14.6. The summed E-state index contributed by atoms with van der Waals surface area (Å²) in [4.78, 5) is 8.58. The number of nitrogens with zero attached hydrogens (tertiary/aromatic N) is 3. The molecule has 4 rings (SSSR count). The van der Waals surface area contributed by atoms with Crippen LogP contribution in [0.2, 0.25) is 5.02 Å². The first kappa shape index (κ1) is 23.2. The predicted octanol–water partition coefficient (Wildman–Crippen LogP) is 3.79. The zero-order valence-corrected chi connectivity index (χ0v) is 19.2. The number of morpholine rings is 1. The maximum atomic E-state index is 13.5. The highest BCUT2D eigenvalue weighted by atomic mass is 35.5. The molecule has 0 atom stereocenters. The molecule has 0 amide bonds. The Kier molecular flexibility index (Phi) is 6.94. The maximum absolute atomic E-state index is 13.5. The summed E-state index contributed by atoms with van der Waals surface area (Å²) in [6.07, 6.45) is 1.37. The fourth-order valence-electron chi connectivity index (χ4n) is 3.25. The quantitative estimate of drug-likeness (QED) is 0.512. The lowest BCUT2D eigenvalue weighted by Gasteiger charge is -2.27. The smallest absolute Gasteiger partial charge is 0.245 e. The first-order chi connectivity index (χ1) is 15.9. The van der Waals surface area contributed by atoms with Gasteiger partial charge in [0.15, 0.2) is 5.82 Å². The minimum absolute atomic E-state index is 0.0938. The van der Waals surface area contributed by atoms with Crippen molar-refractivity contribution in [3.05, 3.63) is 59.5 Å². The molecule has 1 aliphatic rings. The Labute approximate surface area is 195 Å². The lowest BCUT2D eigenvalue weighted by atomic mass is 10.3. The molecular weight excluding hydrogens is 473 g/mol. The second kappa shape index (κ2) is 9.87. The van der Waals surface area contributed by atoms with E-state index in [0.29, 0.717) is 24.6 Å². The zero-order chi connectivity index (χ0) is 23.4. The van der Waals surface area contributed by atoms with E-state index in [9.17, 15) is 12.8 Å². The largest absolute Gasteiger partial charge is 0.494 e. The summed E-state index contributed by atoms with van der Waals surface area (Å²) >= 11 is 6.28. The number of sulfonamides is 1. The second-order valence-corrected chi connectivity index (χ2v) is 9.31. The van der Waals surface area contributed by atoms with Gasteiger partial charge in [-0.05, 0) is 24.3 Å². The predicted molar refractivity (Wildman–Crippen MR) is 123 cm³/mol. The van der Waals surface area contributed by atoms with Crippen molar-refractivity contribution >= 4 is 44.8 Å². The highest BCUT2D eigenvalue weighted by molar-refractivity contribution is 7.89. The first-order valence-corrected chi connectivity index (χ1v) is 11.8. The van der Waals surface area contributed by atoms with Crippen LogP contribution in [0.1, 0.15) is 0 Å². The molecule has 1 aliphatic heterocycles. The summed E-state index contributed by atoms with van der Waals surface area (Å²) in [6, 6.07) is 10.5. The molecule has 12 heteroatoms. The highest BCUT2D eigenvalue weighted by Crippen LogP contribution is 2.32. The number of hydrogen-bond donors (Lipinski definition) is 2. The summed E-state index contributed by atoms with van der Waals surface area (Å²) in [7, 11) is -2.34. The second-order valence-electron chi connectivity index (χ2n) is 7.00. The number of ether oxygens (including phenoxy) is 2. The Bertz CT molecular complexity index is 1260. The third-order valence-electron chi connectivity index (χ3n) is 4.88. The van der Waals surface area contributed by atoms with Crippen molar-refractivity contribution < 1.29 is 22.3 Å². The van der Waals surface area contributed by atoms with Crippen LogP contribution in [0.4, 0.5) is 27.5 Å². The molecule has 2 N–H and O–H groups in total. The van der Waals surface area contributed by atoms with Gasteiger partial charge < -0.3 is 20.1 Å². The van der Waals surface area contributed by atoms with Crippen LogP contribution in [0, 0.1) is 5.82 Å². The fourth-order valence-corrected chi connectivity index (χ4v) is 4.95. The Hall–Kier alpha value is -2.99. The zero-order valence-electron chi connectivity index (χ0n) is 17.6. The number of hydrogen-bond acceptors (Lipinski definition) is 8. The number of para-hydroxylation sites is 1. The van der Waals surface area contributed by atoms with Crippen LogP contribution in [-0.4, -0.2) is 56.1 Å². The average molecular weight is 494 g/mol. The van der Waals surface area contributed by atoms with E-state index in [-0.39, 0.29) is 40.5 Å². The number of benzene rings is 2. The van der Waals surface area contributed by atoms with E-state index in [1.165, 1.54) is 41.9 Å². The molecule has 0 saturated carbocycles. The molecule has 3 aromatic rings. The van der Waals surface area contributed by atoms with Gasteiger partial charge >= 0.3 is 0 Å². The number of rotatable bonds is 7. The molecule has 174 valence electrons. The van der Waals surface area contributed by atoms with Gasteiger partial charge in [0.1, 0.15) is 21.5 Å². The average Bonchev–Trinajstić information content (AvgIpc) is 2.83. The molecule has 0 unspecified atom stereocenters. The van der Waals surface area contributed by atoms with E-state index < -0.39 is 15.8 Å². The van der Waals surface area contributed by atoms with Crippen molar-refractivity contribution in [3.8, 4) is 5.75 Å². The molecule has 2 heterocycles. The van der Waals surface area contributed by atoms with Crippen LogP contribution in [0.3, 0.4) is 0 Å². The lowest BCUT2D eigenvalue weighted by Crippen LogP contribution is -2.40. The van der Waals surface area contributed by atoms with Gasteiger partial charge in [0.05, 0.1) is 37.9 Å². The third kappa shape index (κ3) is 5.17. The van der Waals surface area contributed by atoms with Gasteiger partial charge in [0.2, 0.25) is 16.0 Å². The van der Waals surface area contributed by atoms with Gasteiger partial charge in [-0.15, -0.1) is 0 Å². The van der Waals surface area contributed by atoms with Crippen LogP contribution in [0.15, 0.2) is 53.6 Å². The van der Waals surface area contributed by atoms with Crippen LogP contribution < -0.4 is 15.4 Å². The number of methoxy groups -OCH3 is 1. The standard InChI is InChI=1S/C21H21ClFN5O4S/c1-31-18-12-14(23)6-7-16(18)26-21-24-13-15(22)20(27-21)25-17-4-2-3-5-19(17)33(29,30)28-8-10-32-11-9-28/h2-7,12-13H,8-11H2,1H3,(H2,24,25,26,27). The fraction of sp³-hybridized carbons (Fsp3) is 0.238. The molecule has 0 radical (unpaired) electrons. The van der Waals surface area contributed by atoms with Gasteiger partial charge in [0, 0.05) is 19.2 Å². The Balaban J connectivity index is 1.63.